The molecule has 1 amide bonds. The summed E-state index contributed by atoms with van der Waals surface area (Å²) in [5, 5.41) is 10.8. The molecule has 0 atom stereocenters. The van der Waals surface area contributed by atoms with Crippen LogP contribution in [0.4, 0.5) is 23.7 Å². The molecule has 18 heavy (non-hydrogen) atoms. The van der Waals surface area contributed by atoms with Crippen molar-refractivity contribution in [3.8, 4) is 6.07 Å². The van der Waals surface area contributed by atoms with Crippen LogP contribution in [0.5, 0.6) is 0 Å². The van der Waals surface area contributed by atoms with Crippen LogP contribution in [0, 0.1) is 18.3 Å². The lowest BCUT2D eigenvalue weighted by Crippen LogP contribution is -2.23. The minimum absolute atomic E-state index is 0.237. The number of halogens is 3. The maximum atomic E-state index is 11.8. The highest BCUT2D eigenvalue weighted by molar-refractivity contribution is 5.85. The first-order chi connectivity index (χ1) is 8.31. The molecule has 0 radical (unpaired) electrons. The summed E-state index contributed by atoms with van der Waals surface area (Å²) >= 11 is 0. The molecule has 0 aromatic heterocycles. The van der Waals surface area contributed by atoms with Gasteiger partial charge in [-0.1, -0.05) is 6.07 Å². The molecule has 0 unspecified atom stereocenters. The van der Waals surface area contributed by atoms with Crippen molar-refractivity contribution in [1.82, 2.24) is 0 Å². The van der Waals surface area contributed by atoms with Gasteiger partial charge in [-0.15, -0.1) is 0 Å². The smallest absolute Gasteiger partial charge is 0.422 e. The van der Waals surface area contributed by atoms with E-state index < -0.39 is 18.9 Å². The molecule has 0 saturated carbocycles. The number of ether oxygens (including phenoxy) is 1. The Morgan fingerprint density at radius 1 is 1.50 bits per heavy atom. The van der Waals surface area contributed by atoms with Gasteiger partial charge in [-0.2, -0.15) is 18.4 Å². The van der Waals surface area contributed by atoms with Crippen molar-refractivity contribution in [2.24, 2.45) is 0 Å². The summed E-state index contributed by atoms with van der Waals surface area (Å²) in [5.74, 6) is 0. The number of hydrogen-bond acceptors (Lipinski definition) is 3. The Hall–Kier alpha value is -2.23. The molecule has 1 rings (SSSR count). The number of nitriles is 1. The Morgan fingerprint density at radius 2 is 2.17 bits per heavy atom. The van der Waals surface area contributed by atoms with E-state index in [0.29, 0.717) is 5.56 Å². The zero-order valence-electron chi connectivity index (χ0n) is 9.34. The molecule has 0 aliphatic heterocycles. The van der Waals surface area contributed by atoms with Crippen LogP contribution in [-0.4, -0.2) is 18.9 Å². The number of amides is 1. The molecule has 96 valence electrons. The Bertz CT molecular complexity index is 492. The number of alkyl halides is 3. The van der Waals surface area contributed by atoms with E-state index in [1.165, 1.54) is 12.1 Å². The van der Waals surface area contributed by atoms with Gasteiger partial charge in [-0.3, -0.25) is 5.32 Å². The Morgan fingerprint density at radius 3 is 2.72 bits per heavy atom. The molecule has 0 heterocycles. The molecule has 1 aromatic carbocycles. The van der Waals surface area contributed by atoms with Crippen LogP contribution in [0.2, 0.25) is 0 Å². The van der Waals surface area contributed by atoms with E-state index in [-0.39, 0.29) is 11.3 Å². The highest BCUT2D eigenvalue weighted by Crippen LogP contribution is 2.18. The maximum absolute atomic E-state index is 11.8. The molecule has 0 saturated heterocycles. The third-order valence-corrected chi connectivity index (χ3v) is 1.97. The average molecular weight is 258 g/mol. The van der Waals surface area contributed by atoms with Crippen molar-refractivity contribution < 1.29 is 22.7 Å². The summed E-state index contributed by atoms with van der Waals surface area (Å²) in [6.07, 6.45) is -5.79. The zero-order valence-corrected chi connectivity index (χ0v) is 9.34. The lowest BCUT2D eigenvalue weighted by atomic mass is 10.1. The van der Waals surface area contributed by atoms with Crippen LogP contribution in [0.15, 0.2) is 18.2 Å². The van der Waals surface area contributed by atoms with Gasteiger partial charge in [-0.25, -0.2) is 4.79 Å². The maximum Gasteiger partial charge on any atom is 0.422 e. The second kappa shape index (κ2) is 5.40. The number of carbonyl (C=O) groups is 1. The number of nitrogens with one attached hydrogen (secondary N) is 1. The van der Waals surface area contributed by atoms with Crippen molar-refractivity contribution in [3.05, 3.63) is 29.3 Å². The third kappa shape index (κ3) is 4.33. The van der Waals surface area contributed by atoms with Gasteiger partial charge in [0.2, 0.25) is 0 Å². The molecule has 1 N–H and O–H groups in total. The average Bonchev–Trinajstić information content (AvgIpc) is 2.28. The first kappa shape index (κ1) is 13.8. The van der Waals surface area contributed by atoms with Gasteiger partial charge in [-0.05, 0) is 24.6 Å². The van der Waals surface area contributed by atoms with Crippen LogP contribution in [-0.2, 0) is 4.74 Å². The molecule has 1 aromatic rings. The quantitative estimate of drug-likeness (QED) is 0.886. The van der Waals surface area contributed by atoms with Gasteiger partial charge in [0, 0.05) is 5.69 Å². The predicted molar refractivity (Wildman–Crippen MR) is 56.9 cm³/mol. The number of hydrogen-bond donors (Lipinski definition) is 1. The monoisotopic (exact) mass is 258 g/mol. The van der Waals surface area contributed by atoms with E-state index in [4.69, 9.17) is 5.26 Å². The Balaban J connectivity index is 2.68. The second-order valence-corrected chi connectivity index (χ2v) is 3.46. The normalized spacial score (nSPS) is 10.6. The first-order valence-corrected chi connectivity index (χ1v) is 4.83. The number of aryl methyl sites for hydroxylation is 1. The number of carbonyl (C=O) groups excluding carboxylic acids is 1. The van der Waals surface area contributed by atoms with Crippen molar-refractivity contribution in [1.29, 1.82) is 5.26 Å². The Labute approximate surface area is 101 Å². The second-order valence-electron chi connectivity index (χ2n) is 3.46. The molecule has 0 aliphatic carbocycles. The van der Waals surface area contributed by atoms with Gasteiger partial charge in [0.1, 0.15) is 0 Å². The molecule has 7 heteroatoms. The summed E-state index contributed by atoms with van der Waals surface area (Å²) in [5.41, 5.74) is 1.13. The highest BCUT2D eigenvalue weighted by Gasteiger charge is 2.29. The number of benzene rings is 1. The molecule has 0 bridgehead atoms. The summed E-state index contributed by atoms with van der Waals surface area (Å²) in [6.45, 7) is -0.0175. The van der Waals surface area contributed by atoms with Gasteiger partial charge in [0.15, 0.2) is 6.61 Å². The van der Waals surface area contributed by atoms with Gasteiger partial charge >= 0.3 is 12.3 Å². The standard InChI is InChI=1S/C11H9F3N2O2/c1-7-2-3-8(5-15)4-9(7)16-10(17)18-6-11(12,13)14/h2-4H,6H2,1H3,(H,16,17). The minimum atomic E-state index is -4.57. The molecule has 0 spiro atoms. The fourth-order valence-corrected chi connectivity index (χ4v) is 1.12. The summed E-state index contributed by atoms with van der Waals surface area (Å²) < 4.78 is 39.4. The van der Waals surface area contributed by atoms with Gasteiger partial charge in [0.05, 0.1) is 11.6 Å². The number of anilines is 1. The van der Waals surface area contributed by atoms with Gasteiger partial charge in [0.25, 0.3) is 0 Å². The lowest BCUT2D eigenvalue weighted by Gasteiger charge is -2.10. The minimum Gasteiger partial charge on any atom is -0.440 e. The van der Waals surface area contributed by atoms with Crippen molar-refractivity contribution in [3.63, 3.8) is 0 Å². The van der Waals surface area contributed by atoms with Crippen LogP contribution in [0.1, 0.15) is 11.1 Å². The van der Waals surface area contributed by atoms with E-state index in [0.717, 1.165) is 0 Å². The topological polar surface area (TPSA) is 62.1 Å². The zero-order chi connectivity index (χ0) is 13.8. The molecule has 0 aliphatic rings. The largest absolute Gasteiger partial charge is 0.440 e. The molecular formula is C11H9F3N2O2. The SMILES string of the molecule is Cc1ccc(C#N)cc1NC(=O)OCC(F)(F)F. The van der Waals surface area contributed by atoms with E-state index in [1.54, 1.807) is 13.0 Å². The van der Waals surface area contributed by atoms with Gasteiger partial charge < -0.3 is 4.74 Å². The van der Waals surface area contributed by atoms with Crippen LogP contribution < -0.4 is 5.32 Å². The van der Waals surface area contributed by atoms with Crippen molar-refractivity contribution in [2.75, 3.05) is 11.9 Å². The summed E-state index contributed by atoms with van der Waals surface area (Å²) in [6, 6.07) is 6.30. The Kier molecular flexibility index (Phi) is 4.15. The van der Waals surface area contributed by atoms with E-state index in [2.05, 4.69) is 10.1 Å². The molecular weight excluding hydrogens is 249 g/mol. The fourth-order valence-electron chi connectivity index (χ4n) is 1.12. The highest BCUT2D eigenvalue weighted by atomic mass is 19.4. The third-order valence-electron chi connectivity index (χ3n) is 1.97. The number of nitrogens with zero attached hydrogens (tertiary/aromatic N) is 1. The van der Waals surface area contributed by atoms with E-state index in [9.17, 15) is 18.0 Å². The van der Waals surface area contributed by atoms with Crippen LogP contribution >= 0.6 is 0 Å². The fraction of sp³-hybridized carbons (Fsp3) is 0.273. The van der Waals surface area contributed by atoms with E-state index in [1.807, 2.05) is 6.07 Å². The first-order valence-electron chi connectivity index (χ1n) is 4.83. The van der Waals surface area contributed by atoms with Crippen molar-refractivity contribution >= 4 is 11.8 Å². The molecule has 4 nitrogen and oxygen atoms in total. The van der Waals surface area contributed by atoms with Crippen LogP contribution in [0.25, 0.3) is 0 Å². The summed E-state index contributed by atoms with van der Waals surface area (Å²) in [4.78, 5) is 11.1. The molecule has 0 fully saturated rings. The van der Waals surface area contributed by atoms with Crippen molar-refractivity contribution in [2.45, 2.75) is 13.1 Å². The predicted octanol–water partition coefficient (Wildman–Crippen LogP) is 2.98. The number of rotatable bonds is 2. The van der Waals surface area contributed by atoms with E-state index >= 15 is 0 Å². The van der Waals surface area contributed by atoms with Crippen LogP contribution in [0.3, 0.4) is 0 Å². The lowest BCUT2D eigenvalue weighted by molar-refractivity contribution is -0.159. The summed E-state index contributed by atoms with van der Waals surface area (Å²) in [7, 11) is 0.